The van der Waals surface area contributed by atoms with Gasteiger partial charge >= 0.3 is 5.97 Å². The lowest BCUT2D eigenvalue weighted by atomic mass is 10.1. The minimum atomic E-state index is -0.133. The molecule has 1 aromatic rings. The quantitative estimate of drug-likeness (QED) is 0.803. The molecule has 0 amide bonds. The zero-order valence-electron chi connectivity index (χ0n) is 11.9. The molecule has 0 radical (unpaired) electrons. The van der Waals surface area contributed by atoms with Crippen LogP contribution in [0.15, 0.2) is 0 Å². The van der Waals surface area contributed by atoms with Crippen LogP contribution in [0.25, 0.3) is 0 Å². The molecule has 1 fully saturated rings. The summed E-state index contributed by atoms with van der Waals surface area (Å²) in [6, 6.07) is 0. The number of nitrogens with zero attached hydrogens (tertiary/aromatic N) is 2. The van der Waals surface area contributed by atoms with Crippen molar-refractivity contribution in [2.45, 2.75) is 37.9 Å². The molecule has 0 aromatic carbocycles. The summed E-state index contributed by atoms with van der Waals surface area (Å²) in [7, 11) is 0. The summed E-state index contributed by atoms with van der Waals surface area (Å²) in [5.74, 6) is 0.921. The van der Waals surface area contributed by atoms with E-state index in [1.54, 1.807) is 11.3 Å². The first-order valence-corrected chi connectivity index (χ1v) is 9.08. The maximum absolute atomic E-state index is 12.0. The fourth-order valence-electron chi connectivity index (χ4n) is 2.81. The summed E-state index contributed by atoms with van der Waals surface area (Å²) >= 11 is 3.79. The van der Waals surface area contributed by atoms with Gasteiger partial charge in [0.1, 0.15) is 5.92 Å². The van der Waals surface area contributed by atoms with Gasteiger partial charge in [-0.2, -0.15) is 11.8 Å². The Morgan fingerprint density at radius 1 is 1.55 bits per heavy atom. The smallest absolute Gasteiger partial charge is 0.315 e. The van der Waals surface area contributed by atoms with E-state index in [-0.39, 0.29) is 11.9 Å². The highest BCUT2D eigenvalue weighted by molar-refractivity contribution is 8.00. The molecule has 20 heavy (non-hydrogen) atoms. The zero-order chi connectivity index (χ0) is 14.1. The first-order chi connectivity index (χ1) is 9.69. The van der Waals surface area contributed by atoms with Crippen LogP contribution < -0.4 is 4.90 Å². The maximum atomic E-state index is 12.0. The van der Waals surface area contributed by atoms with Crippen LogP contribution in [0.5, 0.6) is 0 Å². The van der Waals surface area contributed by atoms with Crippen molar-refractivity contribution in [3.63, 3.8) is 0 Å². The molecule has 1 aromatic heterocycles. The molecule has 0 bridgehead atoms. The first kappa shape index (κ1) is 14.2. The number of carbonyl (C=O) groups is 1. The fourth-order valence-corrected chi connectivity index (χ4v) is 5.00. The number of rotatable bonds is 3. The summed E-state index contributed by atoms with van der Waals surface area (Å²) in [5.41, 5.74) is 0.981. The van der Waals surface area contributed by atoms with E-state index in [9.17, 15) is 4.79 Å². The van der Waals surface area contributed by atoms with Gasteiger partial charge in [-0.25, -0.2) is 4.98 Å². The molecule has 0 spiro atoms. The third-order valence-electron chi connectivity index (χ3n) is 3.79. The third-order valence-corrected chi connectivity index (χ3v) is 6.12. The lowest BCUT2D eigenvalue weighted by molar-refractivity contribution is -0.145. The SMILES string of the molecule is CCOC(=O)C1CCc2sc(N3CCSC(C)C3)nc21. The second kappa shape index (κ2) is 5.93. The average Bonchev–Trinajstić information content (AvgIpc) is 2.98. The Hall–Kier alpha value is -0.750. The summed E-state index contributed by atoms with van der Waals surface area (Å²) < 4.78 is 5.16. The van der Waals surface area contributed by atoms with E-state index < -0.39 is 0 Å². The van der Waals surface area contributed by atoms with Crippen LogP contribution in [0.4, 0.5) is 5.13 Å². The highest BCUT2D eigenvalue weighted by Gasteiger charge is 2.34. The Kier molecular flexibility index (Phi) is 4.21. The molecule has 1 saturated heterocycles. The van der Waals surface area contributed by atoms with Gasteiger partial charge in [0.25, 0.3) is 0 Å². The first-order valence-electron chi connectivity index (χ1n) is 7.21. The molecule has 2 aliphatic rings. The molecular formula is C14H20N2O2S2. The Balaban J connectivity index is 1.77. The third kappa shape index (κ3) is 2.68. The molecule has 2 heterocycles. The molecular weight excluding hydrogens is 292 g/mol. The number of thiazole rings is 1. The van der Waals surface area contributed by atoms with Crippen molar-refractivity contribution in [3.8, 4) is 0 Å². The Morgan fingerprint density at radius 2 is 2.40 bits per heavy atom. The van der Waals surface area contributed by atoms with Gasteiger partial charge in [0.05, 0.1) is 12.3 Å². The zero-order valence-corrected chi connectivity index (χ0v) is 13.6. The maximum Gasteiger partial charge on any atom is 0.315 e. The van der Waals surface area contributed by atoms with Crippen LogP contribution in [0, 0.1) is 0 Å². The van der Waals surface area contributed by atoms with Gasteiger partial charge in [-0.15, -0.1) is 11.3 Å². The molecule has 2 unspecified atom stereocenters. The van der Waals surface area contributed by atoms with Crippen molar-refractivity contribution in [3.05, 3.63) is 10.6 Å². The normalized spacial score (nSPS) is 25.6. The lowest BCUT2D eigenvalue weighted by Crippen LogP contribution is -2.36. The van der Waals surface area contributed by atoms with Crippen molar-refractivity contribution in [2.75, 3.05) is 30.3 Å². The highest BCUT2D eigenvalue weighted by Crippen LogP contribution is 2.40. The molecule has 110 valence electrons. The van der Waals surface area contributed by atoms with Gasteiger partial charge in [0.2, 0.25) is 0 Å². The molecule has 6 heteroatoms. The van der Waals surface area contributed by atoms with E-state index in [0.29, 0.717) is 11.9 Å². The minimum absolute atomic E-state index is 0.106. The van der Waals surface area contributed by atoms with E-state index in [1.165, 1.54) is 4.88 Å². The Labute approximate surface area is 127 Å². The topological polar surface area (TPSA) is 42.4 Å². The largest absolute Gasteiger partial charge is 0.465 e. The van der Waals surface area contributed by atoms with E-state index in [4.69, 9.17) is 9.72 Å². The number of anilines is 1. The van der Waals surface area contributed by atoms with Crippen molar-refractivity contribution in [2.24, 2.45) is 0 Å². The number of aromatic nitrogens is 1. The lowest BCUT2D eigenvalue weighted by Gasteiger charge is -2.30. The Bertz CT molecular complexity index is 503. The standard InChI is InChI=1S/C14H20N2O2S2/c1-3-18-13(17)10-4-5-11-12(10)15-14(20-11)16-6-7-19-9(2)8-16/h9-10H,3-8H2,1-2H3. The number of ether oxygens (including phenoxy) is 1. The van der Waals surface area contributed by atoms with Crippen LogP contribution in [0.3, 0.4) is 0 Å². The van der Waals surface area contributed by atoms with E-state index in [2.05, 4.69) is 11.8 Å². The van der Waals surface area contributed by atoms with Crippen molar-refractivity contribution in [1.82, 2.24) is 4.98 Å². The van der Waals surface area contributed by atoms with Crippen molar-refractivity contribution < 1.29 is 9.53 Å². The summed E-state index contributed by atoms with van der Waals surface area (Å²) in [6.45, 7) is 6.68. The Morgan fingerprint density at radius 3 is 3.15 bits per heavy atom. The van der Waals surface area contributed by atoms with Crippen LogP contribution in [-0.2, 0) is 16.0 Å². The monoisotopic (exact) mass is 312 g/mol. The molecule has 1 aliphatic carbocycles. The van der Waals surface area contributed by atoms with Gasteiger partial charge in [-0.1, -0.05) is 6.92 Å². The number of hydrogen-bond donors (Lipinski definition) is 0. The number of aryl methyl sites for hydroxylation is 1. The molecule has 2 atom stereocenters. The van der Waals surface area contributed by atoms with E-state index in [0.717, 1.165) is 42.5 Å². The summed E-state index contributed by atoms with van der Waals surface area (Å²) in [5, 5.41) is 1.75. The number of fused-ring (bicyclic) bond motifs is 1. The van der Waals surface area contributed by atoms with E-state index >= 15 is 0 Å². The van der Waals surface area contributed by atoms with Gasteiger partial charge in [-0.05, 0) is 19.8 Å². The summed E-state index contributed by atoms with van der Waals surface area (Å²) in [4.78, 5) is 20.4. The van der Waals surface area contributed by atoms with Gasteiger partial charge in [0.15, 0.2) is 5.13 Å². The number of thioether (sulfide) groups is 1. The van der Waals surface area contributed by atoms with Crippen molar-refractivity contribution >= 4 is 34.2 Å². The number of esters is 1. The summed E-state index contributed by atoms with van der Waals surface area (Å²) in [6.07, 6.45) is 1.83. The van der Waals surface area contributed by atoms with Crippen LogP contribution in [0.1, 0.15) is 36.8 Å². The van der Waals surface area contributed by atoms with Gasteiger partial charge < -0.3 is 9.64 Å². The highest BCUT2D eigenvalue weighted by atomic mass is 32.2. The fraction of sp³-hybridized carbons (Fsp3) is 0.714. The number of carbonyl (C=O) groups excluding carboxylic acids is 1. The molecule has 0 N–H and O–H groups in total. The van der Waals surface area contributed by atoms with E-state index in [1.807, 2.05) is 18.7 Å². The molecule has 3 rings (SSSR count). The molecule has 1 aliphatic heterocycles. The van der Waals surface area contributed by atoms with Gasteiger partial charge in [-0.3, -0.25) is 4.79 Å². The van der Waals surface area contributed by atoms with Crippen molar-refractivity contribution in [1.29, 1.82) is 0 Å². The van der Waals surface area contributed by atoms with Gasteiger partial charge in [0, 0.05) is 29.0 Å². The predicted molar refractivity (Wildman–Crippen MR) is 83.9 cm³/mol. The number of hydrogen-bond acceptors (Lipinski definition) is 6. The van der Waals surface area contributed by atoms with Crippen LogP contribution in [-0.4, -0.2) is 41.7 Å². The molecule has 0 saturated carbocycles. The minimum Gasteiger partial charge on any atom is -0.465 e. The van der Waals surface area contributed by atoms with Crippen LogP contribution >= 0.6 is 23.1 Å². The van der Waals surface area contributed by atoms with Crippen LogP contribution in [0.2, 0.25) is 0 Å². The predicted octanol–water partition coefficient (Wildman–Crippen LogP) is 2.68. The second-order valence-corrected chi connectivity index (χ2v) is 7.88. The average molecular weight is 312 g/mol. The second-order valence-electron chi connectivity index (χ2n) is 5.28. The molecule has 4 nitrogen and oxygen atoms in total.